The van der Waals surface area contributed by atoms with Crippen molar-refractivity contribution in [1.29, 1.82) is 0 Å². The van der Waals surface area contributed by atoms with Gasteiger partial charge in [-0.2, -0.15) is 0 Å². The van der Waals surface area contributed by atoms with E-state index in [9.17, 15) is 9.59 Å². The molecular formula is C20H13NO4S2. The number of benzene rings is 2. The predicted molar refractivity (Wildman–Crippen MR) is 107 cm³/mol. The molecule has 7 heteroatoms. The lowest BCUT2D eigenvalue weighted by atomic mass is 10.1. The van der Waals surface area contributed by atoms with E-state index in [2.05, 4.69) is 4.98 Å². The Morgan fingerprint density at radius 2 is 1.93 bits per heavy atom. The van der Waals surface area contributed by atoms with E-state index in [0.29, 0.717) is 22.6 Å². The van der Waals surface area contributed by atoms with E-state index in [4.69, 9.17) is 9.52 Å². The minimum Gasteiger partial charge on any atom is -0.478 e. The molecule has 4 rings (SSSR count). The maximum absolute atomic E-state index is 12.3. The topological polar surface area (TPSA) is 80.4 Å². The first-order chi connectivity index (χ1) is 13.1. The van der Waals surface area contributed by atoms with Gasteiger partial charge in [0.05, 0.1) is 16.8 Å². The lowest BCUT2D eigenvalue weighted by Gasteiger charge is -2.00. The van der Waals surface area contributed by atoms with Crippen molar-refractivity contribution in [3.8, 4) is 11.3 Å². The Labute approximate surface area is 162 Å². The average molecular weight is 395 g/mol. The van der Waals surface area contributed by atoms with Gasteiger partial charge in [-0.3, -0.25) is 0 Å². The Hall–Kier alpha value is -2.90. The van der Waals surface area contributed by atoms with E-state index in [1.165, 1.54) is 11.3 Å². The number of hydrogen-bond donors (Lipinski definition) is 1. The van der Waals surface area contributed by atoms with E-state index in [0.717, 1.165) is 15.3 Å². The van der Waals surface area contributed by atoms with Gasteiger partial charge in [-0.1, -0.05) is 42.1 Å². The number of thiazole rings is 1. The third-order valence-electron chi connectivity index (χ3n) is 3.96. The lowest BCUT2D eigenvalue weighted by Crippen LogP contribution is -2.02. The molecule has 0 saturated heterocycles. The zero-order valence-corrected chi connectivity index (χ0v) is 15.5. The number of nitrogens with zero attached hydrogens (tertiary/aromatic N) is 1. The molecule has 0 saturated carbocycles. The van der Waals surface area contributed by atoms with Crippen LogP contribution in [0.3, 0.4) is 0 Å². The maximum Gasteiger partial charge on any atom is 0.345 e. The first-order valence-corrected chi connectivity index (χ1v) is 9.90. The van der Waals surface area contributed by atoms with Gasteiger partial charge in [0.1, 0.15) is 5.58 Å². The van der Waals surface area contributed by atoms with Crippen LogP contribution < -0.4 is 5.63 Å². The van der Waals surface area contributed by atoms with Gasteiger partial charge in [0.25, 0.3) is 0 Å². The van der Waals surface area contributed by atoms with Crippen molar-refractivity contribution in [1.82, 2.24) is 4.98 Å². The SMILES string of the molecule is O=C(O)c1ccc(CSc2nc(-c3cc4ccccc4oc3=O)cs2)cc1. The average Bonchev–Trinajstić information content (AvgIpc) is 3.15. The van der Waals surface area contributed by atoms with Crippen molar-refractivity contribution in [3.63, 3.8) is 0 Å². The highest BCUT2D eigenvalue weighted by atomic mass is 32.2. The summed E-state index contributed by atoms with van der Waals surface area (Å²) in [6.07, 6.45) is 0. The lowest BCUT2D eigenvalue weighted by molar-refractivity contribution is 0.0697. The van der Waals surface area contributed by atoms with E-state index in [1.54, 1.807) is 48.2 Å². The summed E-state index contributed by atoms with van der Waals surface area (Å²) in [6.45, 7) is 0. The van der Waals surface area contributed by atoms with Gasteiger partial charge in [0.15, 0.2) is 4.34 Å². The van der Waals surface area contributed by atoms with Crippen LogP contribution in [0.4, 0.5) is 0 Å². The summed E-state index contributed by atoms with van der Waals surface area (Å²) >= 11 is 3.00. The Morgan fingerprint density at radius 3 is 2.70 bits per heavy atom. The summed E-state index contributed by atoms with van der Waals surface area (Å²) in [6, 6.07) is 15.9. The number of aromatic nitrogens is 1. The summed E-state index contributed by atoms with van der Waals surface area (Å²) in [4.78, 5) is 27.7. The molecular weight excluding hydrogens is 382 g/mol. The number of aromatic carboxylic acids is 1. The molecule has 0 radical (unpaired) electrons. The fraction of sp³-hybridized carbons (Fsp3) is 0.0500. The summed E-state index contributed by atoms with van der Waals surface area (Å²) < 4.78 is 6.20. The van der Waals surface area contributed by atoms with Gasteiger partial charge in [0, 0.05) is 16.5 Å². The standard InChI is InChI=1S/C20H13NO4S2/c22-18(23)13-7-5-12(6-8-13)10-26-20-21-16(11-27-20)15-9-14-3-1-2-4-17(14)25-19(15)24/h1-9,11H,10H2,(H,22,23). The van der Waals surface area contributed by atoms with E-state index in [-0.39, 0.29) is 5.56 Å². The zero-order chi connectivity index (χ0) is 18.8. The number of fused-ring (bicyclic) bond motifs is 1. The van der Waals surface area contributed by atoms with Gasteiger partial charge in [-0.15, -0.1) is 11.3 Å². The highest BCUT2D eigenvalue weighted by molar-refractivity contribution is 8.00. The molecule has 0 fully saturated rings. The Bertz CT molecular complexity index is 1180. The summed E-state index contributed by atoms with van der Waals surface area (Å²) in [5.41, 5.74) is 2.47. The normalized spacial score (nSPS) is 11.0. The zero-order valence-electron chi connectivity index (χ0n) is 13.9. The van der Waals surface area contributed by atoms with Crippen LogP contribution in [-0.4, -0.2) is 16.1 Å². The van der Waals surface area contributed by atoms with Crippen LogP contribution in [0, 0.1) is 0 Å². The fourth-order valence-electron chi connectivity index (χ4n) is 2.58. The number of carboxylic acids is 1. The minimum atomic E-state index is -0.937. The van der Waals surface area contributed by atoms with Gasteiger partial charge in [-0.25, -0.2) is 14.6 Å². The largest absolute Gasteiger partial charge is 0.478 e. The third-order valence-corrected chi connectivity index (χ3v) is 6.06. The van der Waals surface area contributed by atoms with E-state index in [1.807, 2.05) is 23.6 Å². The van der Waals surface area contributed by atoms with Gasteiger partial charge in [0.2, 0.25) is 0 Å². The number of carbonyl (C=O) groups is 1. The molecule has 134 valence electrons. The summed E-state index contributed by atoms with van der Waals surface area (Å²) in [7, 11) is 0. The second kappa shape index (κ2) is 7.38. The Balaban J connectivity index is 1.52. The van der Waals surface area contributed by atoms with E-state index >= 15 is 0 Å². The van der Waals surface area contributed by atoms with Crippen molar-refractivity contribution in [2.24, 2.45) is 0 Å². The summed E-state index contributed by atoms with van der Waals surface area (Å²) in [5, 5.41) is 11.6. The molecule has 0 aliphatic heterocycles. The molecule has 2 aromatic heterocycles. The highest BCUT2D eigenvalue weighted by Crippen LogP contribution is 2.30. The number of para-hydroxylation sites is 1. The van der Waals surface area contributed by atoms with Crippen molar-refractivity contribution in [2.75, 3.05) is 0 Å². The molecule has 27 heavy (non-hydrogen) atoms. The third kappa shape index (κ3) is 3.79. The number of hydrogen-bond acceptors (Lipinski definition) is 6. The Kier molecular flexibility index (Phi) is 4.79. The van der Waals surface area contributed by atoms with Crippen LogP contribution in [0.1, 0.15) is 15.9 Å². The van der Waals surface area contributed by atoms with Crippen LogP contribution in [0.5, 0.6) is 0 Å². The minimum absolute atomic E-state index is 0.267. The monoisotopic (exact) mass is 395 g/mol. The number of rotatable bonds is 5. The number of thioether (sulfide) groups is 1. The quantitative estimate of drug-likeness (QED) is 0.382. The Morgan fingerprint density at radius 1 is 1.15 bits per heavy atom. The molecule has 0 aliphatic carbocycles. The molecule has 0 aliphatic rings. The van der Waals surface area contributed by atoms with Crippen LogP contribution >= 0.6 is 23.1 Å². The highest BCUT2D eigenvalue weighted by Gasteiger charge is 2.12. The maximum atomic E-state index is 12.3. The van der Waals surface area contributed by atoms with Crippen LogP contribution in [0.15, 0.2) is 73.5 Å². The molecule has 2 heterocycles. The van der Waals surface area contributed by atoms with Crippen molar-refractivity contribution in [3.05, 3.63) is 81.5 Å². The second-order valence-electron chi connectivity index (χ2n) is 5.77. The summed E-state index contributed by atoms with van der Waals surface area (Å²) in [5.74, 6) is -0.271. The van der Waals surface area contributed by atoms with Crippen molar-refractivity contribution >= 4 is 40.0 Å². The van der Waals surface area contributed by atoms with E-state index < -0.39 is 11.6 Å². The van der Waals surface area contributed by atoms with Crippen LogP contribution in [-0.2, 0) is 5.75 Å². The molecule has 2 aromatic carbocycles. The van der Waals surface area contributed by atoms with Crippen LogP contribution in [0.2, 0.25) is 0 Å². The van der Waals surface area contributed by atoms with Gasteiger partial charge in [-0.05, 0) is 29.8 Å². The predicted octanol–water partition coefficient (Wildman–Crippen LogP) is 4.91. The number of carboxylic acid groups (broad SMARTS) is 1. The molecule has 0 atom stereocenters. The molecule has 0 bridgehead atoms. The second-order valence-corrected chi connectivity index (χ2v) is 7.86. The molecule has 0 spiro atoms. The fourth-order valence-corrected chi connectivity index (χ4v) is 4.36. The molecule has 1 N–H and O–H groups in total. The molecule has 0 unspecified atom stereocenters. The van der Waals surface area contributed by atoms with Gasteiger partial charge >= 0.3 is 11.6 Å². The molecule has 0 amide bonds. The first-order valence-electron chi connectivity index (χ1n) is 8.04. The first kappa shape index (κ1) is 17.5. The smallest absolute Gasteiger partial charge is 0.345 e. The molecule has 4 aromatic rings. The van der Waals surface area contributed by atoms with Crippen molar-refractivity contribution in [2.45, 2.75) is 10.1 Å². The van der Waals surface area contributed by atoms with Crippen LogP contribution in [0.25, 0.3) is 22.2 Å². The van der Waals surface area contributed by atoms with Gasteiger partial charge < -0.3 is 9.52 Å². The molecule has 5 nitrogen and oxygen atoms in total. The van der Waals surface area contributed by atoms with Crippen molar-refractivity contribution < 1.29 is 14.3 Å².